The van der Waals surface area contributed by atoms with Gasteiger partial charge in [-0.3, -0.25) is 19.3 Å². The maximum atomic E-state index is 13.2. The molecule has 1 fully saturated rings. The Bertz CT molecular complexity index is 975. The molecular weight excluding hydrogens is 392 g/mol. The van der Waals surface area contributed by atoms with Crippen LogP contribution >= 0.6 is 0 Å². The van der Waals surface area contributed by atoms with Gasteiger partial charge in [-0.25, -0.2) is 0 Å². The Morgan fingerprint density at radius 1 is 0.935 bits per heavy atom. The summed E-state index contributed by atoms with van der Waals surface area (Å²) in [5, 5.41) is 8.97. The lowest BCUT2D eigenvalue weighted by Gasteiger charge is -2.25. The number of likely N-dealkylation sites (N-methyl/N-ethyl adjacent to an activating group) is 1. The predicted octanol–water partition coefficient (Wildman–Crippen LogP) is 2.41. The number of amides is 3. The van der Waals surface area contributed by atoms with Crippen molar-refractivity contribution in [3.63, 3.8) is 0 Å². The molecule has 2 aromatic carbocycles. The number of benzene rings is 2. The molecule has 3 amide bonds. The monoisotopic (exact) mass is 418 g/mol. The highest BCUT2D eigenvalue weighted by Gasteiger charge is 2.28. The van der Waals surface area contributed by atoms with Crippen LogP contribution in [0.2, 0.25) is 0 Å². The zero-order chi connectivity index (χ0) is 22.4. The third-order valence-corrected chi connectivity index (χ3v) is 5.26. The Hall–Kier alpha value is -3.50. The molecule has 1 aliphatic rings. The van der Waals surface area contributed by atoms with Crippen molar-refractivity contribution in [1.29, 1.82) is 5.26 Å². The number of rotatable bonds is 8. The number of imide groups is 1. The minimum Gasteiger partial charge on any atom is -0.333 e. The molecule has 0 N–H and O–H groups in total. The first-order valence-corrected chi connectivity index (χ1v) is 10.2. The molecule has 1 heterocycles. The van der Waals surface area contributed by atoms with E-state index in [4.69, 9.17) is 5.26 Å². The first-order chi connectivity index (χ1) is 14.9. The average Bonchev–Trinajstić information content (AvgIpc) is 3.09. The highest BCUT2D eigenvalue weighted by atomic mass is 16.2. The molecule has 7 heteroatoms. The topological polar surface area (TPSA) is 84.7 Å². The van der Waals surface area contributed by atoms with E-state index >= 15 is 0 Å². The third kappa shape index (κ3) is 5.77. The lowest BCUT2D eigenvalue weighted by atomic mass is 10.1. The van der Waals surface area contributed by atoms with Crippen molar-refractivity contribution >= 4 is 17.7 Å². The van der Waals surface area contributed by atoms with Crippen molar-refractivity contribution in [2.75, 3.05) is 27.2 Å². The van der Waals surface area contributed by atoms with Crippen LogP contribution in [0, 0.1) is 11.3 Å². The number of nitrogens with zero attached hydrogens (tertiary/aromatic N) is 4. The summed E-state index contributed by atoms with van der Waals surface area (Å²) in [6.45, 7) is 1.96. The fourth-order valence-corrected chi connectivity index (χ4v) is 3.40. The van der Waals surface area contributed by atoms with Crippen molar-refractivity contribution in [2.45, 2.75) is 25.9 Å². The van der Waals surface area contributed by atoms with E-state index in [1.54, 1.807) is 41.3 Å². The van der Waals surface area contributed by atoms with Crippen molar-refractivity contribution < 1.29 is 14.4 Å². The molecule has 0 aliphatic carbocycles. The van der Waals surface area contributed by atoms with Crippen molar-refractivity contribution in [2.24, 2.45) is 0 Å². The van der Waals surface area contributed by atoms with Crippen LogP contribution in [0.4, 0.5) is 0 Å². The van der Waals surface area contributed by atoms with Crippen LogP contribution in [0.3, 0.4) is 0 Å². The van der Waals surface area contributed by atoms with Gasteiger partial charge in [0.1, 0.15) is 0 Å². The van der Waals surface area contributed by atoms with Crippen LogP contribution in [0.1, 0.15) is 39.9 Å². The van der Waals surface area contributed by atoms with Crippen LogP contribution in [0.15, 0.2) is 48.5 Å². The molecule has 0 saturated carbocycles. The van der Waals surface area contributed by atoms with E-state index in [0.29, 0.717) is 24.2 Å². The lowest BCUT2D eigenvalue weighted by Crippen LogP contribution is -2.36. The van der Waals surface area contributed by atoms with Gasteiger partial charge in [0.05, 0.1) is 18.2 Å². The number of nitriles is 1. The molecule has 0 atom stereocenters. The van der Waals surface area contributed by atoms with Gasteiger partial charge >= 0.3 is 0 Å². The van der Waals surface area contributed by atoms with Gasteiger partial charge in [0.25, 0.3) is 5.91 Å². The molecule has 0 bridgehead atoms. The molecule has 1 aliphatic heterocycles. The smallest absolute Gasteiger partial charge is 0.254 e. The van der Waals surface area contributed by atoms with Gasteiger partial charge in [-0.1, -0.05) is 24.3 Å². The molecule has 31 heavy (non-hydrogen) atoms. The minimum atomic E-state index is -0.151. The van der Waals surface area contributed by atoms with Gasteiger partial charge < -0.3 is 9.80 Å². The quantitative estimate of drug-likeness (QED) is 0.615. The number of likely N-dealkylation sites (tertiary alicyclic amines) is 1. The lowest BCUT2D eigenvalue weighted by molar-refractivity contribution is -0.139. The van der Waals surface area contributed by atoms with E-state index in [1.165, 1.54) is 4.90 Å². The van der Waals surface area contributed by atoms with Gasteiger partial charge in [0.2, 0.25) is 11.8 Å². The van der Waals surface area contributed by atoms with Crippen LogP contribution in [-0.4, -0.2) is 59.6 Å². The summed E-state index contributed by atoms with van der Waals surface area (Å²) in [4.78, 5) is 41.9. The second kappa shape index (κ2) is 10.0. The second-order valence-corrected chi connectivity index (χ2v) is 7.91. The molecular formula is C24H26N4O3. The van der Waals surface area contributed by atoms with Crippen LogP contribution in [0.25, 0.3) is 0 Å². The summed E-state index contributed by atoms with van der Waals surface area (Å²) in [6.07, 6.45) is 0.539. The highest BCUT2D eigenvalue weighted by Crippen LogP contribution is 2.17. The normalized spacial score (nSPS) is 13.5. The fourth-order valence-electron chi connectivity index (χ4n) is 3.40. The van der Waals surface area contributed by atoms with Crippen molar-refractivity contribution in [3.05, 3.63) is 70.8 Å². The number of carbonyl (C=O) groups excluding carboxylic acids is 3. The van der Waals surface area contributed by atoms with Gasteiger partial charge in [0, 0.05) is 38.0 Å². The van der Waals surface area contributed by atoms with E-state index < -0.39 is 0 Å². The Morgan fingerprint density at radius 2 is 1.52 bits per heavy atom. The van der Waals surface area contributed by atoms with Gasteiger partial charge in [-0.05, 0) is 49.5 Å². The van der Waals surface area contributed by atoms with Crippen molar-refractivity contribution in [3.8, 4) is 6.07 Å². The fraction of sp³-hybridized carbons (Fsp3) is 0.333. The molecule has 0 aromatic heterocycles. The first-order valence-electron chi connectivity index (χ1n) is 10.2. The maximum Gasteiger partial charge on any atom is 0.254 e. The van der Waals surface area contributed by atoms with Gasteiger partial charge in [-0.15, -0.1) is 0 Å². The Labute approximate surface area is 182 Å². The minimum absolute atomic E-state index is 0.0916. The number of hydrogen-bond donors (Lipinski definition) is 0. The summed E-state index contributed by atoms with van der Waals surface area (Å²) in [5.74, 6) is -0.393. The van der Waals surface area contributed by atoms with Crippen LogP contribution in [-0.2, 0) is 22.7 Å². The number of carbonyl (C=O) groups is 3. The highest BCUT2D eigenvalue weighted by molar-refractivity contribution is 6.01. The molecule has 0 spiro atoms. The zero-order valence-electron chi connectivity index (χ0n) is 17.9. The van der Waals surface area contributed by atoms with E-state index in [2.05, 4.69) is 6.07 Å². The van der Waals surface area contributed by atoms with Gasteiger partial charge in [-0.2, -0.15) is 5.26 Å². The van der Waals surface area contributed by atoms with Crippen molar-refractivity contribution in [1.82, 2.24) is 14.7 Å². The molecule has 3 rings (SSSR count). The molecule has 160 valence electrons. The van der Waals surface area contributed by atoms with E-state index in [-0.39, 0.29) is 37.1 Å². The summed E-state index contributed by atoms with van der Waals surface area (Å²) in [6, 6.07) is 16.4. The molecule has 0 radical (unpaired) electrons. The molecule has 2 aromatic rings. The Kier molecular flexibility index (Phi) is 7.16. The van der Waals surface area contributed by atoms with E-state index in [9.17, 15) is 14.4 Å². The standard InChI is InChI=1S/C24H26N4O3/c1-26(2)13-14-27(16-19-5-3-18(15-25)4-6-19)24(31)21-9-7-20(8-10-21)17-28-22(29)11-12-23(28)30/h3-10H,11-14,16-17H2,1-2H3. The Balaban J connectivity index is 1.72. The largest absolute Gasteiger partial charge is 0.333 e. The maximum absolute atomic E-state index is 13.2. The Morgan fingerprint density at radius 3 is 2.06 bits per heavy atom. The third-order valence-electron chi connectivity index (χ3n) is 5.26. The first kappa shape index (κ1) is 22.2. The number of hydrogen-bond acceptors (Lipinski definition) is 5. The zero-order valence-corrected chi connectivity index (χ0v) is 17.9. The summed E-state index contributed by atoms with van der Waals surface area (Å²) in [5.41, 5.74) is 2.90. The average molecular weight is 418 g/mol. The summed E-state index contributed by atoms with van der Waals surface area (Å²) in [7, 11) is 3.92. The second-order valence-electron chi connectivity index (χ2n) is 7.91. The van der Waals surface area contributed by atoms with Crippen LogP contribution in [0.5, 0.6) is 0 Å². The van der Waals surface area contributed by atoms with E-state index in [1.807, 2.05) is 31.1 Å². The molecule has 1 saturated heterocycles. The van der Waals surface area contributed by atoms with Crippen LogP contribution < -0.4 is 0 Å². The summed E-state index contributed by atoms with van der Waals surface area (Å²) < 4.78 is 0. The summed E-state index contributed by atoms with van der Waals surface area (Å²) >= 11 is 0. The molecule has 7 nitrogen and oxygen atoms in total. The SMILES string of the molecule is CN(C)CCN(Cc1ccc(C#N)cc1)C(=O)c1ccc(CN2C(=O)CCC2=O)cc1. The predicted molar refractivity (Wildman–Crippen MR) is 116 cm³/mol. The van der Waals surface area contributed by atoms with E-state index in [0.717, 1.165) is 17.7 Å². The van der Waals surface area contributed by atoms with Gasteiger partial charge in [0.15, 0.2) is 0 Å². The molecule has 0 unspecified atom stereocenters.